The minimum absolute atomic E-state index is 0.112. The van der Waals surface area contributed by atoms with Crippen molar-refractivity contribution >= 4 is 29.3 Å². The summed E-state index contributed by atoms with van der Waals surface area (Å²) in [5.74, 6) is 0.139. The summed E-state index contributed by atoms with van der Waals surface area (Å²) in [5.41, 5.74) is 1.50. The number of carbonyl (C=O) groups excluding carboxylic acids is 2. The second-order valence-electron chi connectivity index (χ2n) is 9.06. The molecule has 2 aromatic heterocycles. The van der Waals surface area contributed by atoms with Crippen LogP contribution in [0, 0.1) is 5.82 Å². The van der Waals surface area contributed by atoms with E-state index in [1.807, 2.05) is 0 Å². The fourth-order valence-corrected chi connectivity index (χ4v) is 4.50. The number of amides is 3. The molecule has 1 saturated heterocycles. The third kappa shape index (κ3) is 5.50. The molecule has 4 N–H and O–H groups in total. The van der Waals surface area contributed by atoms with Gasteiger partial charge in [0.15, 0.2) is 5.82 Å². The van der Waals surface area contributed by atoms with E-state index >= 15 is 0 Å². The monoisotopic (exact) mass is 522 g/mol. The van der Waals surface area contributed by atoms with Crippen molar-refractivity contribution in [2.75, 3.05) is 41.4 Å². The molecule has 0 radical (unpaired) electrons. The normalized spacial score (nSPS) is 16.6. The number of aliphatic hydroxyl groups is 2. The third-order valence-electron chi connectivity index (χ3n) is 6.36. The topological polar surface area (TPSA) is 140 Å². The zero-order valence-corrected chi connectivity index (χ0v) is 20.4. The molecule has 2 aliphatic heterocycles. The summed E-state index contributed by atoms with van der Waals surface area (Å²) < 4.78 is 18.9. The summed E-state index contributed by atoms with van der Waals surface area (Å²) in [6.45, 7) is 0.984. The summed E-state index contributed by atoms with van der Waals surface area (Å²) in [5, 5.41) is 24.0. The van der Waals surface area contributed by atoms with Crippen molar-refractivity contribution < 1.29 is 28.9 Å². The molecule has 2 aliphatic rings. The first-order chi connectivity index (χ1) is 18.4. The van der Waals surface area contributed by atoms with Gasteiger partial charge in [-0.1, -0.05) is 12.1 Å². The van der Waals surface area contributed by atoms with Crippen LogP contribution in [-0.2, 0) is 6.54 Å². The lowest BCUT2D eigenvalue weighted by molar-refractivity contribution is 0.0536. The van der Waals surface area contributed by atoms with Gasteiger partial charge in [0.2, 0.25) is 0 Å². The maximum Gasteiger partial charge on any atom is 0.329 e. The number of benzene rings is 1. The number of aliphatic hydroxyl groups excluding tert-OH is 2. The number of rotatable bonds is 8. The molecule has 38 heavy (non-hydrogen) atoms. The average Bonchev–Trinajstić information content (AvgIpc) is 3.34. The number of urea groups is 1. The predicted molar refractivity (Wildman–Crippen MR) is 137 cm³/mol. The number of pyridine rings is 2. The van der Waals surface area contributed by atoms with Crippen LogP contribution in [0.15, 0.2) is 54.7 Å². The van der Waals surface area contributed by atoms with E-state index in [0.29, 0.717) is 23.7 Å². The number of nitrogens with one attached hydrogen (secondary N) is 2. The van der Waals surface area contributed by atoms with Crippen LogP contribution in [0.1, 0.15) is 22.5 Å². The Labute approximate surface area is 217 Å². The van der Waals surface area contributed by atoms with E-state index in [1.54, 1.807) is 35.2 Å². The summed E-state index contributed by atoms with van der Waals surface area (Å²) in [6, 6.07) is 11.8. The van der Waals surface area contributed by atoms with E-state index in [0.717, 1.165) is 18.7 Å². The highest BCUT2D eigenvalue weighted by atomic mass is 19.1. The highest BCUT2D eigenvalue weighted by Gasteiger charge is 2.40. The van der Waals surface area contributed by atoms with Crippen LogP contribution < -0.4 is 25.2 Å². The maximum absolute atomic E-state index is 13.5. The number of nitrogens with zero attached hydrogens (tertiary/aromatic N) is 4. The smallest absolute Gasteiger partial charge is 0.329 e. The van der Waals surface area contributed by atoms with Crippen LogP contribution in [-0.4, -0.2) is 70.6 Å². The summed E-state index contributed by atoms with van der Waals surface area (Å²) in [6.07, 6.45) is 1.17. The molecule has 5 rings (SSSR count). The van der Waals surface area contributed by atoms with Gasteiger partial charge in [-0.2, -0.15) is 0 Å². The van der Waals surface area contributed by atoms with E-state index in [2.05, 4.69) is 25.5 Å². The first-order valence-electron chi connectivity index (χ1n) is 12.2. The number of fused-ring (bicyclic) bond motifs is 4. The quantitative estimate of drug-likeness (QED) is 0.352. The van der Waals surface area contributed by atoms with Gasteiger partial charge in [-0.3, -0.25) is 15.0 Å². The molecule has 198 valence electrons. The zero-order valence-electron chi connectivity index (χ0n) is 20.4. The van der Waals surface area contributed by atoms with Gasteiger partial charge in [-0.25, -0.2) is 19.2 Å². The lowest BCUT2D eigenvalue weighted by Gasteiger charge is -2.35. The molecule has 3 aromatic rings. The largest absolute Gasteiger partial charge is 0.491 e. The Kier molecular flexibility index (Phi) is 7.33. The van der Waals surface area contributed by atoms with Gasteiger partial charge >= 0.3 is 6.03 Å². The molecule has 2 bridgehead atoms. The molecule has 12 heteroatoms. The number of halogens is 1. The third-order valence-corrected chi connectivity index (χ3v) is 6.36. The lowest BCUT2D eigenvalue weighted by Crippen LogP contribution is -2.48. The molecule has 1 aromatic carbocycles. The Morgan fingerprint density at radius 1 is 1.21 bits per heavy atom. The van der Waals surface area contributed by atoms with Gasteiger partial charge in [0.1, 0.15) is 35.8 Å². The molecule has 4 heterocycles. The number of carbonyl (C=O) groups is 2. The van der Waals surface area contributed by atoms with Gasteiger partial charge in [0.05, 0.1) is 18.3 Å². The van der Waals surface area contributed by atoms with Crippen LogP contribution in [0.2, 0.25) is 0 Å². The number of aromatic nitrogens is 2. The molecule has 3 amide bonds. The zero-order chi connectivity index (χ0) is 26.6. The standard InChI is InChI=1S/C26H27FN6O5/c27-17-3-1-2-16(10-17)12-29-25(36)21-4-5-22-24(30-21)33(18-7-9-32(22)13-18)26(37)31-23-11-20(6-8-28-23)38-15-19(35)14-34/h1-6,8,10-11,18-19,34-35H,7,9,12-15H2,(H,29,36)(H,28,31,37)/t18-,19+/m0/s1. The number of hydrogen-bond acceptors (Lipinski definition) is 8. The van der Waals surface area contributed by atoms with Gasteiger partial charge in [0.25, 0.3) is 5.91 Å². The van der Waals surface area contributed by atoms with Crippen LogP contribution in [0.25, 0.3) is 0 Å². The van der Waals surface area contributed by atoms with Crippen molar-refractivity contribution in [3.63, 3.8) is 0 Å². The van der Waals surface area contributed by atoms with E-state index in [9.17, 15) is 19.1 Å². The fraction of sp³-hybridized carbons (Fsp3) is 0.308. The maximum atomic E-state index is 13.5. The van der Waals surface area contributed by atoms with Crippen molar-refractivity contribution in [2.24, 2.45) is 0 Å². The molecule has 1 fully saturated rings. The van der Waals surface area contributed by atoms with Gasteiger partial charge in [-0.05, 0) is 42.3 Å². The lowest BCUT2D eigenvalue weighted by atomic mass is 10.1. The van der Waals surface area contributed by atoms with E-state index < -0.39 is 24.6 Å². The number of ether oxygens (including phenoxy) is 1. The molecule has 0 aliphatic carbocycles. The van der Waals surface area contributed by atoms with Gasteiger partial charge in [-0.15, -0.1) is 0 Å². The number of hydrogen-bond donors (Lipinski definition) is 4. The minimum atomic E-state index is -1.03. The van der Waals surface area contributed by atoms with Gasteiger partial charge in [0, 0.05) is 31.9 Å². The molecule has 0 unspecified atom stereocenters. The first-order valence-corrected chi connectivity index (χ1v) is 12.2. The Balaban J connectivity index is 1.33. The Hall–Kier alpha value is -4.29. The molecular weight excluding hydrogens is 495 g/mol. The van der Waals surface area contributed by atoms with E-state index in [1.165, 1.54) is 24.4 Å². The summed E-state index contributed by atoms with van der Waals surface area (Å²) >= 11 is 0. The Bertz CT molecular complexity index is 1340. The average molecular weight is 523 g/mol. The van der Waals surface area contributed by atoms with E-state index in [-0.39, 0.29) is 36.5 Å². The Morgan fingerprint density at radius 2 is 2.08 bits per heavy atom. The SMILES string of the molecule is O=C(NCc1cccc(F)c1)c1ccc2c(n1)N(C(=O)Nc1cc(OC[C@H](O)CO)ccn1)[C@H]1CCN2C1. The first kappa shape index (κ1) is 25.4. The van der Waals surface area contributed by atoms with Crippen molar-refractivity contribution in [1.82, 2.24) is 15.3 Å². The highest BCUT2D eigenvalue weighted by Crippen LogP contribution is 2.39. The van der Waals surface area contributed by atoms with Crippen LogP contribution in [0.3, 0.4) is 0 Å². The van der Waals surface area contributed by atoms with Crippen molar-refractivity contribution in [1.29, 1.82) is 0 Å². The van der Waals surface area contributed by atoms with Crippen molar-refractivity contribution in [3.8, 4) is 5.75 Å². The second-order valence-corrected chi connectivity index (χ2v) is 9.06. The molecule has 0 spiro atoms. The molecule has 0 saturated carbocycles. The van der Waals surface area contributed by atoms with Crippen molar-refractivity contribution in [2.45, 2.75) is 25.1 Å². The highest BCUT2D eigenvalue weighted by molar-refractivity contribution is 6.05. The van der Waals surface area contributed by atoms with Crippen LogP contribution >= 0.6 is 0 Å². The van der Waals surface area contributed by atoms with Gasteiger partial charge < -0.3 is 25.2 Å². The second kappa shape index (κ2) is 11.0. The Morgan fingerprint density at radius 3 is 2.89 bits per heavy atom. The summed E-state index contributed by atoms with van der Waals surface area (Å²) in [7, 11) is 0. The predicted octanol–water partition coefficient (Wildman–Crippen LogP) is 1.91. The van der Waals surface area contributed by atoms with E-state index in [4.69, 9.17) is 9.84 Å². The molecular formula is C26H27FN6O5. The molecule has 11 nitrogen and oxygen atoms in total. The van der Waals surface area contributed by atoms with Crippen LogP contribution in [0.5, 0.6) is 5.75 Å². The van der Waals surface area contributed by atoms with Crippen LogP contribution in [0.4, 0.5) is 26.5 Å². The summed E-state index contributed by atoms with van der Waals surface area (Å²) in [4.78, 5) is 38.7. The fourth-order valence-electron chi connectivity index (χ4n) is 4.50. The van der Waals surface area contributed by atoms with Crippen molar-refractivity contribution in [3.05, 3.63) is 71.8 Å². The molecule has 2 atom stereocenters. The number of anilines is 3. The minimum Gasteiger partial charge on any atom is -0.491 e.